The van der Waals surface area contributed by atoms with Gasteiger partial charge in [0.2, 0.25) is 0 Å². The molecule has 0 saturated heterocycles. The molecule has 1 atom stereocenters. The normalized spacial score (nSPS) is 12.0. The zero-order valence-electron chi connectivity index (χ0n) is 13.7. The van der Waals surface area contributed by atoms with Gasteiger partial charge in [0.1, 0.15) is 0 Å². The van der Waals surface area contributed by atoms with E-state index in [-0.39, 0.29) is 5.56 Å². The fourth-order valence-electron chi connectivity index (χ4n) is 2.75. The summed E-state index contributed by atoms with van der Waals surface area (Å²) in [6.07, 6.45) is -0.620. The number of rotatable bonds is 4. The average molecular weight is 478 g/mol. The van der Waals surface area contributed by atoms with Crippen LogP contribution in [0.3, 0.4) is 0 Å². The molecule has 26 heavy (non-hydrogen) atoms. The van der Waals surface area contributed by atoms with E-state index >= 15 is 0 Å². The predicted molar refractivity (Wildman–Crippen MR) is 106 cm³/mol. The summed E-state index contributed by atoms with van der Waals surface area (Å²) in [5.41, 5.74) is 1.69. The minimum Gasteiger partial charge on any atom is -0.478 e. The summed E-state index contributed by atoms with van der Waals surface area (Å²) in [6, 6.07) is 16.1. The lowest BCUT2D eigenvalue weighted by atomic mass is 9.97. The maximum atomic E-state index is 11.6. The number of aromatic carboxylic acids is 1. The van der Waals surface area contributed by atoms with Crippen LogP contribution in [-0.2, 0) is 9.53 Å². The van der Waals surface area contributed by atoms with Crippen LogP contribution in [0.2, 0.25) is 0 Å². The predicted octanol–water partition coefficient (Wildman–Crippen LogP) is 5.72. The molecule has 4 nitrogen and oxygen atoms in total. The Balaban J connectivity index is 2.10. The highest BCUT2D eigenvalue weighted by Crippen LogP contribution is 2.35. The number of carboxylic acids is 1. The van der Waals surface area contributed by atoms with Crippen LogP contribution in [0.5, 0.6) is 0 Å². The fraction of sp³-hybridized carbons (Fsp3) is 0.100. The molecule has 3 aromatic carbocycles. The molecular weight excluding hydrogens is 464 g/mol. The van der Waals surface area contributed by atoms with E-state index in [2.05, 4.69) is 31.9 Å². The third-order valence-electron chi connectivity index (χ3n) is 3.98. The van der Waals surface area contributed by atoms with Crippen LogP contribution in [0.15, 0.2) is 63.5 Å². The lowest BCUT2D eigenvalue weighted by molar-refractivity contribution is -0.144. The molecule has 0 saturated carbocycles. The first-order chi connectivity index (χ1) is 12.4. The second-order valence-corrected chi connectivity index (χ2v) is 7.46. The molecule has 0 fully saturated rings. The third-order valence-corrected chi connectivity index (χ3v) is 5.36. The molecular formula is C20H14Br2O4. The van der Waals surface area contributed by atoms with Crippen molar-refractivity contribution < 1.29 is 19.4 Å². The summed E-state index contributed by atoms with van der Waals surface area (Å²) in [7, 11) is 0. The molecule has 0 heterocycles. The van der Waals surface area contributed by atoms with E-state index in [9.17, 15) is 9.59 Å². The Labute approximate surface area is 167 Å². The second kappa shape index (κ2) is 7.60. The number of carboxylic acid groups (broad SMARTS) is 1. The van der Waals surface area contributed by atoms with E-state index in [1.54, 1.807) is 12.1 Å². The number of carbonyl (C=O) groups excluding carboxylic acids is 1. The fourth-order valence-corrected chi connectivity index (χ4v) is 3.69. The van der Waals surface area contributed by atoms with E-state index < -0.39 is 18.0 Å². The highest BCUT2D eigenvalue weighted by molar-refractivity contribution is 9.11. The van der Waals surface area contributed by atoms with Crippen LogP contribution in [0.4, 0.5) is 0 Å². The molecule has 1 N–H and O–H groups in total. The molecule has 0 aliphatic heterocycles. The standard InChI is InChI=1S/C20H14Br2O4/c1-11(23)26-19(12-2-4-13(5-3-12)20(24)25)14-6-7-15-16(10-14)18(22)9-8-17(15)21/h2-10,19H,1H3,(H,24,25). The molecule has 0 radical (unpaired) electrons. The van der Waals surface area contributed by atoms with Gasteiger partial charge in [0.25, 0.3) is 0 Å². The molecule has 0 aromatic heterocycles. The highest BCUT2D eigenvalue weighted by Gasteiger charge is 2.19. The second-order valence-electron chi connectivity index (χ2n) is 5.75. The Hall–Kier alpha value is -2.18. The first-order valence-electron chi connectivity index (χ1n) is 7.75. The maximum absolute atomic E-state index is 11.6. The molecule has 1 unspecified atom stereocenters. The molecule has 0 aliphatic carbocycles. The van der Waals surface area contributed by atoms with Crippen LogP contribution >= 0.6 is 31.9 Å². The summed E-state index contributed by atoms with van der Waals surface area (Å²) >= 11 is 7.09. The van der Waals surface area contributed by atoms with Crippen LogP contribution in [0.1, 0.15) is 34.5 Å². The Morgan fingerprint density at radius 2 is 1.46 bits per heavy atom. The van der Waals surface area contributed by atoms with E-state index in [1.807, 2.05) is 30.3 Å². The van der Waals surface area contributed by atoms with Gasteiger partial charge in [-0.05, 0) is 52.2 Å². The molecule has 132 valence electrons. The number of hydrogen-bond acceptors (Lipinski definition) is 3. The number of benzene rings is 3. The van der Waals surface area contributed by atoms with Gasteiger partial charge < -0.3 is 9.84 Å². The van der Waals surface area contributed by atoms with Crippen molar-refractivity contribution in [2.45, 2.75) is 13.0 Å². The van der Waals surface area contributed by atoms with Crippen molar-refractivity contribution in [1.29, 1.82) is 0 Å². The molecule has 3 rings (SSSR count). The Morgan fingerprint density at radius 1 is 0.885 bits per heavy atom. The van der Waals surface area contributed by atoms with Gasteiger partial charge >= 0.3 is 11.9 Å². The number of fused-ring (bicyclic) bond motifs is 1. The van der Waals surface area contributed by atoms with Crippen LogP contribution in [0, 0.1) is 0 Å². The summed E-state index contributed by atoms with van der Waals surface area (Å²) in [5.74, 6) is -1.41. The summed E-state index contributed by atoms with van der Waals surface area (Å²) in [5, 5.41) is 11.1. The SMILES string of the molecule is CC(=O)OC(c1ccc(C(=O)O)cc1)c1ccc2c(Br)ccc(Br)c2c1. The summed E-state index contributed by atoms with van der Waals surface area (Å²) < 4.78 is 7.43. The van der Waals surface area contributed by atoms with Crippen LogP contribution < -0.4 is 0 Å². The van der Waals surface area contributed by atoms with Gasteiger partial charge in [-0.2, -0.15) is 0 Å². The van der Waals surface area contributed by atoms with Crippen molar-refractivity contribution in [3.05, 3.63) is 80.2 Å². The van der Waals surface area contributed by atoms with Gasteiger partial charge in [-0.25, -0.2) is 4.79 Å². The molecule has 3 aromatic rings. The minimum atomic E-state index is -1.000. The molecule has 0 bridgehead atoms. The van der Waals surface area contributed by atoms with E-state index in [1.165, 1.54) is 19.1 Å². The van der Waals surface area contributed by atoms with Gasteiger partial charge in [-0.3, -0.25) is 4.79 Å². The van der Waals surface area contributed by atoms with Crippen molar-refractivity contribution in [3.63, 3.8) is 0 Å². The lowest BCUT2D eigenvalue weighted by Crippen LogP contribution is -2.10. The van der Waals surface area contributed by atoms with Crippen molar-refractivity contribution in [3.8, 4) is 0 Å². The quantitative estimate of drug-likeness (QED) is 0.488. The first kappa shape index (κ1) is 18.6. The topological polar surface area (TPSA) is 63.6 Å². The minimum absolute atomic E-state index is 0.181. The summed E-state index contributed by atoms with van der Waals surface area (Å²) in [4.78, 5) is 22.7. The smallest absolute Gasteiger partial charge is 0.335 e. The lowest BCUT2D eigenvalue weighted by Gasteiger charge is -2.19. The molecule has 0 spiro atoms. The average Bonchev–Trinajstić information content (AvgIpc) is 2.62. The van der Waals surface area contributed by atoms with E-state index in [0.29, 0.717) is 5.56 Å². The van der Waals surface area contributed by atoms with E-state index in [0.717, 1.165) is 25.3 Å². The number of esters is 1. The maximum Gasteiger partial charge on any atom is 0.335 e. The zero-order valence-corrected chi connectivity index (χ0v) is 16.9. The number of ether oxygens (including phenoxy) is 1. The van der Waals surface area contributed by atoms with Crippen LogP contribution in [0.25, 0.3) is 10.8 Å². The largest absolute Gasteiger partial charge is 0.478 e. The van der Waals surface area contributed by atoms with Crippen molar-refractivity contribution in [2.24, 2.45) is 0 Å². The Kier molecular flexibility index (Phi) is 5.44. The van der Waals surface area contributed by atoms with Gasteiger partial charge in [0.15, 0.2) is 6.10 Å². The number of carbonyl (C=O) groups is 2. The van der Waals surface area contributed by atoms with E-state index in [4.69, 9.17) is 9.84 Å². The van der Waals surface area contributed by atoms with Crippen molar-refractivity contribution >= 4 is 54.6 Å². The molecule has 0 amide bonds. The highest BCUT2D eigenvalue weighted by atomic mass is 79.9. The first-order valence-corrected chi connectivity index (χ1v) is 9.33. The molecule has 6 heteroatoms. The Bertz CT molecular complexity index is 997. The Morgan fingerprint density at radius 3 is 2.04 bits per heavy atom. The molecule has 0 aliphatic rings. The summed E-state index contributed by atoms with van der Waals surface area (Å²) in [6.45, 7) is 1.35. The van der Waals surface area contributed by atoms with Crippen LogP contribution in [-0.4, -0.2) is 17.0 Å². The van der Waals surface area contributed by atoms with Gasteiger partial charge in [-0.15, -0.1) is 0 Å². The van der Waals surface area contributed by atoms with Gasteiger partial charge in [0.05, 0.1) is 5.56 Å². The van der Waals surface area contributed by atoms with Crippen molar-refractivity contribution in [2.75, 3.05) is 0 Å². The number of halogens is 2. The van der Waals surface area contributed by atoms with Gasteiger partial charge in [-0.1, -0.05) is 56.1 Å². The zero-order chi connectivity index (χ0) is 18.8. The monoisotopic (exact) mass is 476 g/mol. The van der Waals surface area contributed by atoms with Crippen molar-refractivity contribution in [1.82, 2.24) is 0 Å². The third kappa shape index (κ3) is 3.81. The number of hydrogen-bond donors (Lipinski definition) is 1. The van der Waals surface area contributed by atoms with Gasteiger partial charge in [0, 0.05) is 15.9 Å².